The molecule has 1 aromatic rings. The van der Waals surface area contributed by atoms with Crippen LogP contribution in [-0.2, 0) is 9.53 Å². The molecule has 1 aliphatic carbocycles. The summed E-state index contributed by atoms with van der Waals surface area (Å²) in [5.41, 5.74) is 7.09. The molecule has 0 radical (unpaired) electrons. The largest absolute Gasteiger partial charge is 0.465 e. The molecule has 0 saturated heterocycles. The number of methoxy groups -OCH3 is 1. The number of amides is 1. The number of ether oxygens (including phenoxy) is 1. The molecule has 2 atom stereocenters. The van der Waals surface area contributed by atoms with Gasteiger partial charge in [-0.05, 0) is 37.0 Å². The maximum Gasteiger partial charge on any atom is 0.337 e. The molecule has 1 amide bonds. The Morgan fingerprint density at radius 1 is 1.33 bits per heavy atom. The van der Waals surface area contributed by atoms with E-state index >= 15 is 0 Å². The summed E-state index contributed by atoms with van der Waals surface area (Å²) in [6.45, 7) is 0. The topological polar surface area (TPSA) is 81.4 Å². The molecule has 2 unspecified atom stereocenters. The Balaban J connectivity index is 1.94. The van der Waals surface area contributed by atoms with Crippen molar-refractivity contribution in [2.24, 2.45) is 11.7 Å². The normalized spacial score (nSPS) is 21.6. The molecular weight excluding hydrogens is 268 g/mol. The van der Waals surface area contributed by atoms with Crippen molar-refractivity contribution in [3.63, 3.8) is 0 Å². The number of carbonyl (C=O) groups excluding carboxylic acids is 2. The Morgan fingerprint density at radius 3 is 2.81 bits per heavy atom. The Hall–Kier alpha value is -1.88. The second-order valence-corrected chi connectivity index (χ2v) is 5.53. The zero-order chi connectivity index (χ0) is 15.2. The average molecular weight is 290 g/mol. The van der Waals surface area contributed by atoms with Gasteiger partial charge in [0.05, 0.1) is 12.7 Å². The first-order valence-corrected chi connectivity index (χ1v) is 7.34. The van der Waals surface area contributed by atoms with Gasteiger partial charge in [-0.15, -0.1) is 0 Å². The van der Waals surface area contributed by atoms with Crippen molar-refractivity contribution in [2.45, 2.75) is 38.1 Å². The van der Waals surface area contributed by atoms with Crippen LogP contribution in [0.2, 0.25) is 0 Å². The number of benzene rings is 1. The molecule has 1 aliphatic rings. The minimum absolute atomic E-state index is 0.0561. The van der Waals surface area contributed by atoms with Gasteiger partial charge < -0.3 is 15.8 Å². The van der Waals surface area contributed by atoms with Gasteiger partial charge >= 0.3 is 5.97 Å². The quantitative estimate of drug-likeness (QED) is 0.834. The lowest BCUT2D eigenvalue weighted by molar-refractivity contribution is -0.117. The smallest absolute Gasteiger partial charge is 0.337 e. The van der Waals surface area contributed by atoms with Crippen molar-refractivity contribution in [1.82, 2.24) is 0 Å². The van der Waals surface area contributed by atoms with E-state index in [4.69, 9.17) is 5.73 Å². The van der Waals surface area contributed by atoms with Crippen LogP contribution in [0.3, 0.4) is 0 Å². The van der Waals surface area contributed by atoms with Crippen LogP contribution in [0.15, 0.2) is 24.3 Å². The standard InChI is InChI=1S/C16H22N2O3/c1-21-16(20)12-6-4-7-13(9-12)18-15(19)10-11-5-2-3-8-14(11)17/h4,6-7,9,11,14H,2-3,5,8,10,17H2,1H3,(H,18,19). The molecule has 0 heterocycles. The van der Waals surface area contributed by atoms with Crippen molar-refractivity contribution in [3.05, 3.63) is 29.8 Å². The fourth-order valence-corrected chi connectivity index (χ4v) is 2.78. The van der Waals surface area contributed by atoms with Gasteiger partial charge in [0, 0.05) is 18.2 Å². The highest BCUT2D eigenvalue weighted by atomic mass is 16.5. The third-order valence-electron chi connectivity index (χ3n) is 3.98. The molecule has 0 spiro atoms. The van der Waals surface area contributed by atoms with Crippen LogP contribution < -0.4 is 11.1 Å². The minimum Gasteiger partial charge on any atom is -0.465 e. The van der Waals surface area contributed by atoms with Gasteiger partial charge in [0.2, 0.25) is 5.91 Å². The van der Waals surface area contributed by atoms with Crippen molar-refractivity contribution >= 4 is 17.6 Å². The zero-order valence-electron chi connectivity index (χ0n) is 12.3. The van der Waals surface area contributed by atoms with Gasteiger partial charge in [-0.1, -0.05) is 18.9 Å². The summed E-state index contributed by atoms with van der Waals surface area (Å²) in [4.78, 5) is 23.6. The Labute approximate surface area is 124 Å². The van der Waals surface area contributed by atoms with Gasteiger partial charge in [0.1, 0.15) is 0 Å². The van der Waals surface area contributed by atoms with E-state index in [-0.39, 0.29) is 17.9 Å². The summed E-state index contributed by atoms with van der Waals surface area (Å²) in [5.74, 6) is -0.220. The van der Waals surface area contributed by atoms with Crippen LogP contribution in [0, 0.1) is 5.92 Å². The third-order valence-corrected chi connectivity index (χ3v) is 3.98. The van der Waals surface area contributed by atoms with Crippen molar-refractivity contribution in [3.8, 4) is 0 Å². The van der Waals surface area contributed by atoms with Crippen LogP contribution in [-0.4, -0.2) is 25.0 Å². The number of carbonyl (C=O) groups is 2. The van der Waals surface area contributed by atoms with E-state index < -0.39 is 5.97 Å². The van der Waals surface area contributed by atoms with Crippen molar-refractivity contribution < 1.29 is 14.3 Å². The predicted molar refractivity (Wildman–Crippen MR) is 81.0 cm³/mol. The number of nitrogens with one attached hydrogen (secondary N) is 1. The van der Waals surface area contributed by atoms with Crippen LogP contribution in [0.1, 0.15) is 42.5 Å². The predicted octanol–water partition coefficient (Wildman–Crippen LogP) is 2.32. The monoisotopic (exact) mass is 290 g/mol. The van der Waals surface area contributed by atoms with Crippen LogP contribution in [0.4, 0.5) is 5.69 Å². The molecule has 1 aromatic carbocycles. The van der Waals surface area contributed by atoms with Crippen molar-refractivity contribution in [2.75, 3.05) is 12.4 Å². The lowest BCUT2D eigenvalue weighted by Crippen LogP contribution is -2.35. The summed E-state index contributed by atoms with van der Waals surface area (Å²) >= 11 is 0. The number of hydrogen-bond acceptors (Lipinski definition) is 4. The zero-order valence-corrected chi connectivity index (χ0v) is 12.3. The average Bonchev–Trinajstić information content (AvgIpc) is 2.49. The number of anilines is 1. The maximum absolute atomic E-state index is 12.1. The molecule has 0 bridgehead atoms. The van der Waals surface area contributed by atoms with E-state index in [1.165, 1.54) is 7.11 Å². The first-order chi connectivity index (χ1) is 10.1. The first-order valence-electron chi connectivity index (χ1n) is 7.34. The minimum atomic E-state index is -0.416. The molecule has 2 rings (SSSR count). The van der Waals surface area contributed by atoms with E-state index in [1.807, 2.05) is 0 Å². The van der Waals surface area contributed by atoms with Crippen LogP contribution >= 0.6 is 0 Å². The number of nitrogens with two attached hydrogens (primary N) is 1. The highest BCUT2D eigenvalue weighted by molar-refractivity contribution is 5.94. The van der Waals surface area contributed by atoms with Crippen molar-refractivity contribution in [1.29, 1.82) is 0 Å². The summed E-state index contributed by atoms with van der Waals surface area (Å²) in [6.07, 6.45) is 4.74. The Kier molecular flexibility index (Phi) is 5.33. The first kappa shape index (κ1) is 15.5. The van der Waals surface area contributed by atoms with Gasteiger partial charge in [-0.2, -0.15) is 0 Å². The van der Waals surface area contributed by atoms with E-state index in [2.05, 4.69) is 10.1 Å². The molecule has 114 valence electrons. The van der Waals surface area contributed by atoms with Crippen LogP contribution in [0.5, 0.6) is 0 Å². The molecule has 0 aliphatic heterocycles. The maximum atomic E-state index is 12.1. The summed E-state index contributed by atoms with van der Waals surface area (Å²) < 4.78 is 4.66. The fourth-order valence-electron chi connectivity index (χ4n) is 2.78. The molecular formula is C16H22N2O3. The summed E-state index contributed by atoms with van der Waals surface area (Å²) in [7, 11) is 1.33. The number of esters is 1. The second-order valence-electron chi connectivity index (χ2n) is 5.53. The highest BCUT2D eigenvalue weighted by Crippen LogP contribution is 2.26. The highest BCUT2D eigenvalue weighted by Gasteiger charge is 2.24. The van der Waals surface area contributed by atoms with E-state index in [9.17, 15) is 9.59 Å². The molecule has 1 fully saturated rings. The van der Waals surface area contributed by atoms with E-state index in [0.29, 0.717) is 17.7 Å². The Morgan fingerprint density at radius 2 is 2.10 bits per heavy atom. The lowest BCUT2D eigenvalue weighted by Gasteiger charge is -2.27. The molecule has 5 nitrogen and oxygen atoms in total. The molecule has 0 aromatic heterocycles. The van der Waals surface area contributed by atoms with Gasteiger partial charge in [0.25, 0.3) is 0 Å². The van der Waals surface area contributed by atoms with Crippen LogP contribution in [0.25, 0.3) is 0 Å². The SMILES string of the molecule is COC(=O)c1cccc(NC(=O)CC2CCCCC2N)c1. The van der Waals surface area contributed by atoms with E-state index in [1.54, 1.807) is 24.3 Å². The molecule has 1 saturated carbocycles. The van der Waals surface area contributed by atoms with Gasteiger partial charge in [-0.3, -0.25) is 4.79 Å². The summed E-state index contributed by atoms with van der Waals surface area (Å²) in [6, 6.07) is 6.86. The molecule has 3 N–H and O–H groups in total. The number of hydrogen-bond donors (Lipinski definition) is 2. The van der Waals surface area contributed by atoms with Gasteiger partial charge in [-0.25, -0.2) is 4.79 Å². The molecule has 21 heavy (non-hydrogen) atoms. The van der Waals surface area contributed by atoms with E-state index in [0.717, 1.165) is 25.7 Å². The lowest BCUT2D eigenvalue weighted by atomic mass is 9.83. The number of rotatable bonds is 4. The van der Waals surface area contributed by atoms with Gasteiger partial charge in [0.15, 0.2) is 0 Å². The summed E-state index contributed by atoms with van der Waals surface area (Å²) in [5, 5.41) is 2.83. The fraction of sp³-hybridized carbons (Fsp3) is 0.500. The Bertz CT molecular complexity index is 516. The molecule has 5 heteroatoms. The second kappa shape index (κ2) is 7.22. The third kappa shape index (κ3) is 4.29.